The number of unbranched alkanes of at least 4 members (excludes halogenated alkanes) is 1. The molecule has 0 radical (unpaired) electrons. The van der Waals surface area contributed by atoms with Crippen LogP contribution in [-0.4, -0.2) is 29.3 Å². The molecule has 0 unspecified atom stereocenters. The van der Waals surface area contributed by atoms with Crippen molar-refractivity contribution in [3.63, 3.8) is 0 Å². The van der Waals surface area contributed by atoms with Crippen molar-refractivity contribution >= 4 is 10.9 Å². The predicted octanol–water partition coefficient (Wildman–Crippen LogP) is 8.48. The number of nitrogens with zero attached hydrogens (tertiary/aromatic N) is 6. The minimum absolute atomic E-state index is 0.220. The smallest absolute Gasteiger partial charge is 0.289 e. The third-order valence-electron chi connectivity index (χ3n) is 10.3. The Labute approximate surface area is 313 Å². The summed E-state index contributed by atoms with van der Waals surface area (Å²) in [4.78, 5) is 27.3. The van der Waals surface area contributed by atoms with Crippen molar-refractivity contribution in [1.29, 1.82) is 0 Å². The number of hydrogen-bond donors (Lipinski definition) is 0. The average Bonchev–Trinajstić information content (AvgIpc) is 3.71. The van der Waals surface area contributed by atoms with Crippen LogP contribution in [0.3, 0.4) is 0 Å². The summed E-state index contributed by atoms with van der Waals surface area (Å²) in [5, 5.41) is 14.4. The van der Waals surface area contributed by atoms with E-state index >= 15 is 0 Å². The summed E-state index contributed by atoms with van der Waals surface area (Å²) in [6.07, 6.45) is 1.64. The van der Waals surface area contributed by atoms with Gasteiger partial charge < -0.3 is 0 Å². The van der Waals surface area contributed by atoms with Crippen LogP contribution in [0.25, 0.3) is 33.4 Å². The molecular weight excluding hydrogens is 669 g/mol. The Balaban J connectivity index is 1.24. The van der Waals surface area contributed by atoms with Crippen LogP contribution in [0.4, 0.5) is 0 Å². The zero-order valence-corrected chi connectivity index (χ0v) is 30.3. The van der Waals surface area contributed by atoms with E-state index in [0.29, 0.717) is 29.8 Å². The first kappa shape index (κ1) is 34.4. The molecule has 0 aliphatic rings. The number of rotatable bonds is 11. The van der Waals surface area contributed by atoms with Gasteiger partial charge in [0.05, 0.1) is 17.4 Å². The number of aryl methyl sites for hydroxylation is 1. The third kappa shape index (κ3) is 5.95. The van der Waals surface area contributed by atoms with Crippen LogP contribution in [0, 0.1) is 6.92 Å². The molecule has 266 valence electrons. The number of fused-ring (bicyclic) bond motifs is 1. The quantitative estimate of drug-likeness (QED) is 0.126. The maximum absolute atomic E-state index is 13.8. The molecule has 2 aromatic heterocycles. The molecule has 8 heteroatoms. The van der Waals surface area contributed by atoms with Crippen molar-refractivity contribution < 1.29 is 0 Å². The van der Waals surface area contributed by atoms with Crippen LogP contribution < -0.4 is 11.2 Å². The standard InChI is InChI=1S/C46H40N6O2/c1-3-4-31-50-44(53)42-33(2)17-16-26-41(42)51(45(50)54)32-34-27-29-35(30-28-34)39-24-14-15-25-40(39)43-47-48-49-52(43)46(36-18-8-5-9-19-36,37-20-10-6-11-21-37)38-22-12-7-13-23-38/h5-30H,3-4,31-32H2,1-2H3. The van der Waals surface area contributed by atoms with Crippen LogP contribution in [-0.2, 0) is 18.6 Å². The highest BCUT2D eigenvalue weighted by Gasteiger charge is 2.42. The van der Waals surface area contributed by atoms with Gasteiger partial charge in [-0.15, -0.1) is 5.10 Å². The largest absolute Gasteiger partial charge is 0.331 e. The van der Waals surface area contributed by atoms with Gasteiger partial charge in [-0.25, -0.2) is 9.48 Å². The van der Waals surface area contributed by atoms with Crippen molar-refractivity contribution in [2.24, 2.45) is 0 Å². The molecule has 0 saturated carbocycles. The second kappa shape index (κ2) is 14.8. The van der Waals surface area contributed by atoms with Gasteiger partial charge in [-0.3, -0.25) is 13.9 Å². The molecule has 8 rings (SSSR count). The van der Waals surface area contributed by atoms with Crippen molar-refractivity contribution in [3.8, 4) is 22.5 Å². The molecule has 6 aromatic carbocycles. The maximum atomic E-state index is 13.8. The molecule has 0 N–H and O–H groups in total. The highest BCUT2D eigenvalue weighted by molar-refractivity contribution is 5.82. The second-order valence-electron chi connectivity index (χ2n) is 13.6. The molecule has 0 bridgehead atoms. The van der Waals surface area contributed by atoms with E-state index < -0.39 is 5.54 Å². The first-order valence-electron chi connectivity index (χ1n) is 18.4. The van der Waals surface area contributed by atoms with Crippen LogP contribution in [0.15, 0.2) is 167 Å². The second-order valence-corrected chi connectivity index (χ2v) is 13.6. The summed E-state index contributed by atoms with van der Waals surface area (Å²) in [7, 11) is 0. The summed E-state index contributed by atoms with van der Waals surface area (Å²) in [6, 6.07) is 53.2. The zero-order chi connectivity index (χ0) is 37.1. The van der Waals surface area contributed by atoms with Crippen LogP contribution >= 0.6 is 0 Å². The minimum Gasteiger partial charge on any atom is -0.289 e. The van der Waals surface area contributed by atoms with E-state index in [4.69, 9.17) is 10.3 Å². The lowest BCUT2D eigenvalue weighted by atomic mass is 9.77. The molecule has 8 nitrogen and oxygen atoms in total. The van der Waals surface area contributed by atoms with Crippen molar-refractivity contribution in [1.82, 2.24) is 29.3 Å². The fraction of sp³-hybridized carbons (Fsp3) is 0.152. The Hall–Kier alpha value is -6.67. The summed E-state index contributed by atoms with van der Waals surface area (Å²) in [6.45, 7) is 4.71. The Bertz CT molecular complexity index is 2570. The Morgan fingerprint density at radius 1 is 0.611 bits per heavy atom. The Morgan fingerprint density at radius 2 is 1.19 bits per heavy atom. The van der Waals surface area contributed by atoms with Crippen molar-refractivity contribution in [2.45, 2.75) is 45.3 Å². The third-order valence-corrected chi connectivity index (χ3v) is 10.3. The monoisotopic (exact) mass is 708 g/mol. The molecule has 0 atom stereocenters. The number of aromatic nitrogens is 6. The molecule has 2 heterocycles. The summed E-state index contributed by atoms with van der Waals surface area (Å²) >= 11 is 0. The number of hydrogen-bond acceptors (Lipinski definition) is 5. The topological polar surface area (TPSA) is 87.6 Å². The van der Waals surface area contributed by atoms with E-state index in [1.165, 1.54) is 4.57 Å². The molecule has 8 aromatic rings. The van der Waals surface area contributed by atoms with E-state index in [0.717, 1.165) is 57.3 Å². The molecule has 0 fully saturated rings. The van der Waals surface area contributed by atoms with Crippen LogP contribution in [0.1, 0.15) is 47.6 Å². The first-order chi connectivity index (χ1) is 26.5. The van der Waals surface area contributed by atoms with E-state index in [1.54, 1.807) is 4.57 Å². The molecular formula is C46H40N6O2. The van der Waals surface area contributed by atoms with Crippen LogP contribution in [0.2, 0.25) is 0 Å². The van der Waals surface area contributed by atoms with Gasteiger partial charge in [0, 0.05) is 12.1 Å². The van der Waals surface area contributed by atoms with Gasteiger partial charge in [0.15, 0.2) is 5.82 Å². The molecule has 0 saturated heterocycles. The lowest BCUT2D eigenvalue weighted by molar-refractivity contribution is 0.451. The zero-order valence-electron chi connectivity index (χ0n) is 30.3. The van der Waals surface area contributed by atoms with Crippen LogP contribution in [0.5, 0.6) is 0 Å². The van der Waals surface area contributed by atoms with E-state index in [9.17, 15) is 9.59 Å². The molecule has 0 spiro atoms. The normalized spacial score (nSPS) is 11.6. The van der Waals surface area contributed by atoms with Gasteiger partial charge in [0.1, 0.15) is 5.54 Å². The average molecular weight is 709 g/mol. The summed E-state index contributed by atoms with van der Waals surface area (Å²) in [5.74, 6) is 0.619. The number of benzene rings is 6. The summed E-state index contributed by atoms with van der Waals surface area (Å²) < 4.78 is 5.08. The molecule has 54 heavy (non-hydrogen) atoms. The highest BCUT2D eigenvalue weighted by Crippen LogP contribution is 2.43. The predicted molar refractivity (Wildman–Crippen MR) is 215 cm³/mol. The van der Waals surface area contributed by atoms with Gasteiger partial charge in [0.2, 0.25) is 0 Å². The maximum Gasteiger partial charge on any atom is 0.331 e. The fourth-order valence-corrected chi connectivity index (χ4v) is 7.68. The van der Waals surface area contributed by atoms with E-state index in [1.807, 2.05) is 109 Å². The minimum atomic E-state index is -0.887. The van der Waals surface area contributed by atoms with E-state index in [2.05, 4.69) is 72.8 Å². The Morgan fingerprint density at radius 3 is 1.78 bits per heavy atom. The Kier molecular flexibility index (Phi) is 9.40. The van der Waals surface area contributed by atoms with Crippen molar-refractivity contribution in [2.75, 3.05) is 0 Å². The van der Waals surface area contributed by atoms with Gasteiger partial charge in [-0.1, -0.05) is 165 Å². The molecule has 0 aliphatic heterocycles. The van der Waals surface area contributed by atoms with Crippen molar-refractivity contribution in [3.05, 3.63) is 206 Å². The first-order valence-corrected chi connectivity index (χ1v) is 18.4. The van der Waals surface area contributed by atoms with Gasteiger partial charge >= 0.3 is 5.69 Å². The van der Waals surface area contributed by atoms with E-state index in [-0.39, 0.29) is 11.2 Å². The lowest BCUT2D eigenvalue weighted by Gasteiger charge is -2.36. The lowest BCUT2D eigenvalue weighted by Crippen LogP contribution is -2.40. The SMILES string of the molecule is CCCCn1c(=O)c2c(C)cccc2n(Cc2ccc(-c3ccccc3-c3nnnn3C(c3ccccc3)(c3ccccc3)c3ccccc3)cc2)c1=O. The number of tetrazole rings is 1. The highest BCUT2D eigenvalue weighted by atomic mass is 16.2. The van der Waals surface area contributed by atoms with Gasteiger partial charge in [-0.2, -0.15) is 0 Å². The van der Waals surface area contributed by atoms with Gasteiger partial charge in [-0.05, 0) is 68.8 Å². The fourth-order valence-electron chi connectivity index (χ4n) is 7.68. The molecule has 0 aliphatic carbocycles. The summed E-state index contributed by atoms with van der Waals surface area (Å²) in [5.41, 5.74) is 6.97. The van der Waals surface area contributed by atoms with Gasteiger partial charge in [0.25, 0.3) is 5.56 Å². The molecule has 0 amide bonds.